The van der Waals surface area contributed by atoms with E-state index in [0.29, 0.717) is 42.0 Å². The minimum atomic E-state index is -0.513. The summed E-state index contributed by atoms with van der Waals surface area (Å²) in [5, 5.41) is 0.434. The molecule has 2 aromatic carbocycles. The average molecular weight is 451 g/mol. The lowest BCUT2D eigenvalue weighted by Gasteiger charge is -2.28. The molecular weight excluding hydrogens is 420 g/mol. The highest BCUT2D eigenvalue weighted by Crippen LogP contribution is 2.38. The van der Waals surface area contributed by atoms with Crippen LogP contribution in [0.1, 0.15) is 48.5 Å². The maximum absolute atomic E-state index is 13.6. The Bertz CT molecular complexity index is 1200. The fraction of sp³-hybridized carbons (Fsp3) is 0.385. The second-order valence-corrected chi connectivity index (χ2v) is 7.97. The molecule has 0 N–H and O–H groups in total. The van der Waals surface area contributed by atoms with Crippen molar-refractivity contribution in [3.8, 4) is 11.5 Å². The van der Waals surface area contributed by atoms with Gasteiger partial charge in [-0.2, -0.15) is 0 Å². The first-order chi connectivity index (χ1) is 16.0. The summed E-state index contributed by atoms with van der Waals surface area (Å²) in [6.45, 7) is 9.67. The lowest BCUT2D eigenvalue weighted by atomic mass is 9.98. The van der Waals surface area contributed by atoms with Crippen molar-refractivity contribution in [2.24, 2.45) is 0 Å². The van der Waals surface area contributed by atoms with Crippen LogP contribution in [0.25, 0.3) is 11.0 Å². The molecule has 7 nitrogen and oxygen atoms in total. The molecule has 1 aromatic heterocycles. The number of fused-ring (bicyclic) bond motifs is 2. The van der Waals surface area contributed by atoms with Crippen LogP contribution < -0.4 is 14.9 Å². The summed E-state index contributed by atoms with van der Waals surface area (Å²) in [5.74, 6) is 1.16. The first kappa shape index (κ1) is 22.9. The lowest BCUT2D eigenvalue weighted by Crippen LogP contribution is -2.37. The first-order valence-electron chi connectivity index (χ1n) is 11.4. The van der Waals surface area contributed by atoms with E-state index in [1.165, 1.54) is 0 Å². The third-order valence-electron chi connectivity index (χ3n) is 6.23. The van der Waals surface area contributed by atoms with Crippen LogP contribution in [-0.4, -0.2) is 55.6 Å². The van der Waals surface area contributed by atoms with Gasteiger partial charge in [0.1, 0.15) is 17.1 Å². The second-order valence-electron chi connectivity index (χ2n) is 7.97. The number of nitrogens with zero attached hydrogens (tertiary/aromatic N) is 2. The smallest absolute Gasteiger partial charge is 0.290 e. The molecule has 0 bridgehead atoms. The topological polar surface area (TPSA) is 72.2 Å². The molecule has 1 amide bonds. The van der Waals surface area contributed by atoms with Gasteiger partial charge in [-0.3, -0.25) is 9.59 Å². The molecule has 1 aliphatic heterocycles. The van der Waals surface area contributed by atoms with Crippen molar-refractivity contribution in [2.45, 2.75) is 26.8 Å². The molecule has 2 heterocycles. The van der Waals surface area contributed by atoms with Gasteiger partial charge in [0.2, 0.25) is 5.76 Å². The van der Waals surface area contributed by atoms with E-state index < -0.39 is 6.04 Å². The Labute approximate surface area is 193 Å². The van der Waals surface area contributed by atoms with E-state index >= 15 is 0 Å². The quantitative estimate of drug-likeness (QED) is 0.489. The largest absolute Gasteiger partial charge is 0.497 e. The Kier molecular flexibility index (Phi) is 6.70. The van der Waals surface area contributed by atoms with Crippen LogP contribution in [-0.2, 0) is 0 Å². The number of rotatable bonds is 9. The highest BCUT2D eigenvalue weighted by molar-refractivity contribution is 5.99. The number of ether oxygens (including phenoxy) is 2. The predicted octanol–water partition coefficient (Wildman–Crippen LogP) is 4.09. The van der Waals surface area contributed by atoms with Gasteiger partial charge in [0.05, 0.1) is 30.7 Å². The van der Waals surface area contributed by atoms with E-state index in [4.69, 9.17) is 13.9 Å². The van der Waals surface area contributed by atoms with Gasteiger partial charge in [-0.05, 0) is 49.8 Å². The minimum absolute atomic E-state index is 0.110. The van der Waals surface area contributed by atoms with Crippen molar-refractivity contribution in [3.05, 3.63) is 69.6 Å². The summed E-state index contributed by atoms with van der Waals surface area (Å²) >= 11 is 0. The number of carbonyl (C=O) groups excluding carboxylic acids is 1. The number of likely N-dealkylation sites (N-methyl/N-ethyl adjacent to an activating group) is 1. The van der Waals surface area contributed by atoms with Gasteiger partial charge in [0.25, 0.3) is 5.91 Å². The molecule has 0 spiro atoms. The highest BCUT2D eigenvalue weighted by atomic mass is 16.5. The van der Waals surface area contributed by atoms with Crippen LogP contribution in [0.15, 0.2) is 51.7 Å². The molecule has 33 heavy (non-hydrogen) atoms. The molecule has 4 rings (SSSR count). The summed E-state index contributed by atoms with van der Waals surface area (Å²) in [5.41, 5.74) is 1.40. The van der Waals surface area contributed by atoms with Gasteiger partial charge < -0.3 is 23.7 Å². The summed E-state index contributed by atoms with van der Waals surface area (Å²) in [7, 11) is 1.55. The third kappa shape index (κ3) is 4.20. The van der Waals surface area contributed by atoms with Crippen LogP contribution in [0.4, 0.5) is 0 Å². The van der Waals surface area contributed by atoms with E-state index in [2.05, 4.69) is 18.7 Å². The van der Waals surface area contributed by atoms with Crippen molar-refractivity contribution in [2.75, 3.05) is 39.9 Å². The average Bonchev–Trinajstić information content (AvgIpc) is 3.12. The third-order valence-corrected chi connectivity index (χ3v) is 6.23. The molecule has 1 atom stereocenters. The Balaban J connectivity index is 1.84. The Morgan fingerprint density at radius 2 is 1.70 bits per heavy atom. The van der Waals surface area contributed by atoms with Crippen LogP contribution in [0.3, 0.4) is 0 Å². The fourth-order valence-corrected chi connectivity index (χ4v) is 4.40. The molecule has 1 unspecified atom stereocenters. The van der Waals surface area contributed by atoms with E-state index in [1.807, 2.05) is 31.2 Å². The van der Waals surface area contributed by atoms with Gasteiger partial charge >= 0.3 is 0 Å². The number of benzene rings is 2. The minimum Gasteiger partial charge on any atom is -0.497 e. The zero-order valence-electron chi connectivity index (χ0n) is 19.6. The van der Waals surface area contributed by atoms with Crippen molar-refractivity contribution in [1.82, 2.24) is 9.80 Å². The Morgan fingerprint density at radius 3 is 2.33 bits per heavy atom. The normalized spacial score (nSPS) is 15.4. The molecule has 174 valence electrons. The van der Waals surface area contributed by atoms with Crippen molar-refractivity contribution in [1.29, 1.82) is 0 Å². The number of amides is 1. The molecule has 0 fully saturated rings. The van der Waals surface area contributed by atoms with Crippen molar-refractivity contribution < 1.29 is 18.7 Å². The summed E-state index contributed by atoms with van der Waals surface area (Å²) in [6, 6.07) is 12.1. The van der Waals surface area contributed by atoms with Crippen LogP contribution in [0, 0.1) is 0 Å². The van der Waals surface area contributed by atoms with Gasteiger partial charge in [0, 0.05) is 19.2 Å². The predicted molar refractivity (Wildman–Crippen MR) is 127 cm³/mol. The Morgan fingerprint density at radius 1 is 1.00 bits per heavy atom. The number of hydrogen-bond donors (Lipinski definition) is 0. The lowest BCUT2D eigenvalue weighted by molar-refractivity contribution is 0.0708. The van der Waals surface area contributed by atoms with E-state index in [-0.39, 0.29) is 17.1 Å². The molecule has 1 aliphatic rings. The summed E-state index contributed by atoms with van der Waals surface area (Å²) in [4.78, 5) is 31.1. The van der Waals surface area contributed by atoms with E-state index in [9.17, 15) is 9.59 Å². The molecule has 0 aliphatic carbocycles. The molecule has 0 radical (unpaired) electrons. The maximum atomic E-state index is 13.6. The van der Waals surface area contributed by atoms with Crippen LogP contribution in [0.5, 0.6) is 11.5 Å². The van der Waals surface area contributed by atoms with Gasteiger partial charge in [-0.15, -0.1) is 0 Å². The van der Waals surface area contributed by atoms with Crippen molar-refractivity contribution in [3.63, 3.8) is 0 Å². The van der Waals surface area contributed by atoms with Gasteiger partial charge in [-0.25, -0.2) is 0 Å². The SMILES string of the molecule is CCOc1ccc(C2c3c(oc4cc(OC)ccc4c3=O)C(=O)N2CCN(CC)CC)cc1. The second kappa shape index (κ2) is 9.67. The number of methoxy groups -OCH3 is 1. The fourth-order valence-electron chi connectivity index (χ4n) is 4.40. The summed E-state index contributed by atoms with van der Waals surface area (Å²) < 4.78 is 16.9. The monoisotopic (exact) mass is 450 g/mol. The maximum Gasteiger partial charge on any atom is 0.290 e. The van der Waals surface area contributed by atoms with E-state index in [0.717, 1.165) is 24.4 Å². The van der Waals surface area contributed by atoms with Crippen LogP contribution in [0.2, 0.25) is 0 Å². The highest BCUT2D eigenvalue weighted by Gasteiger charge is 2.42. The molecule has 3 aromatic rings. The standard InChI is InChI=1S/C26H30N2O5/c1-5-27(6-2)14-15-28-23(17-8-10-18(11-9-17)32-7-3)22-24(29)20-13-12-19(31-4)16-21(20)33-25(22)26(28)30/h8-13,16,23H,5-7,14-15H2,1-4H3. The summed E-state index contributed by atoms with van der Waals surface area (Å²) in [6.07, 6.45) is 0. The molecular formula is C26H30N2O5. The van der Waals surface area contributed by atoms with Crippen molar-refractivity contribution >= 4 is 16.9 Å². The molecule has 0 saturated heterocycles. The zero-order valence-corrected chi connectivity index (χ0v) is 19.6. The van der Waals surface area contributed by atoms with Gasteiger partial charge in [0.15, 0.2) is 5.43 Å². The van der Waals surface area contributed by atoms with E-state index in [1.54, 1.807) is 30.2 Å². The molecule has 7 heteroatoms. The van der Waals surface area contributed by atoms with Gasteiger partial charge in [-0.1, -0.05) is 26.0 Å². The molecule has 0 saturated carbocycles. The number of hydrogen-bond acceptors (Lipinski definition) is 6. The number of carbonyl (C=O) groups is 1. The zero-order chi connectivity index (χ0) is 23.5. The Hall–Kier alpha value is -3.32. The van der Waals surface area contributed by atoms with Crippen LogP contribution >= 0.6 is 0 Å². The first-order valence-corrected chi connectivity index (χ1v) is 11.4.